The third-order valence-corrected chi connectivity index (χ3v) is 5.35. The van der Waals surface area contributed by atoms with Gasteiger partial charge < -0.3 is 15.0 Å². The molecule has 0 spiro atoms. The highest BCUT2D eigenvalue weighted by molar-refractivity contribution is 5.95. The Kier molecular flexibility index (Phi) is 7.22. The van der Waals surface area contributed by atoms with E-state index in [0.29, 0.717) is 18.8 Å². The van der Waals surface area contributed by atoms with Crippen LogP contribution in [0.5, 0.6) is 0 Å². The predicted octanol–water partition coefficient (Wildman–Crippen LogP) is 3.21. The molecule has 0 aromatic heterocycles. The van der Waals surface area contributed by atoms with Crippen molar-refractivity contribution in [2.45, 2.75) is 39.2 Å². The van der Waals surface area contributed by atoms with Gasteiger partial charge in [-0.2, -0.15) is 0 Å². The molecule has 1 saturated heterocycles. The van der Waals surface area contributed by atoms with E-state index in [1.807, 2.05) is 54.6 Å². The van der Waals surface area contributed by atoms with Crippen LogP contribution in [0.25, 0.3) is 0 Å². The van der Waals surface area contributed by atoms with Crippen LogP contribution in [0.4, 0.5) is 5.69 Å². The molecule has 3 rings (SSSR count). The Labute approximate surface area is 177 Å². The summed E-state index contributed by atoms with van der Waals surface area (Å²) in [5.41, 5.74) is 2.98. The van der Waals surface area contributed by atoms with Gasteiger partial charge in [0, 0.05) is 25.2 Å². The Morgan fingerprint density at radius 3 is 2.47 bits per heavy atom. The van der Waals surface area contributed by atoms with Crippen molar-refractivity contribution in [2.24, 2.45) is 5.92 Å². The van der Waals surface area contributed by atoms with E-state index in [9.17, 15) is 14.4 Å². The quantitative estimate of drug-likeness (QED) is 0.681. The highest BCUT2D eigenvalue weighted by Gasteiger charge is 2.36. The fourth-order valence-corrected chi connectivity index (χ4v) is 3.45. The highest BCUT2D eigenvalue weighted by Crippen LogP contribution is 2.21. The van der Waals surface area contributed by atoms with Gasteiger partial charge in [0.1, 0.15) is 0 Å². The molecule has 0 unspecified atom stereocenters. The molecule has 2 amide bonds. The molecule has 0 saturated carbocycles. The zero-order valence-corrected chi connectivity index (χ0v) is 17.5. The third kappa shape index (κ3) is 5.69. The van der Waals surface area contributed by atoms with Gasteiger partial charge in [0.2, 0.25) is 5.91 Å². The van der Waals surface area contributed by atoms with E-state index in [0.717, 1.165) is 18.4 Å². The first-order valence-corrected chi connectivity index (χ1v) is 10.4. The van der Waals surface area contributed by atoms with Crippen LogP contribution in [0.2, 0.25) is 0 Å². The Bertz CT molecular complexity index is 880. The number of carbonyl (C=O) groups is 3. The monoisotopic (exact) mass is 408 g/mol. The molecule has 6 nitrogen and oxygen atoms in total. The zero-order chi connectivity index (χ0) is 21.5. The summed E-state index contributed by atoms with van der Waals surface area (Å²) in [5.74, 6) is -1.49. The lowest BCUT2D eigenvalue weighted by Crippen LogP contribution is -2.33. The fourth-order valence-electron chi connectivity index (χ4n) is 3.45. The van der Waals surface area contributed by atoms with Crippen LogP contribution >= 0.6 is 0 Å². The number of likely N-dealkylation sites (tertiary alicyclic amines) is 1. The number of rotatable bonds is 8. The number of aryl methyl sites for hydroxylation is 1. The van der Waals surface area contributed by atoms with Crippen molar-refractivity contribution in [3.8, 4) is 0 Å². The SMILES string of the molecule is CCc1ccc(NC(=O)[C@@H](C)OC(=O)[C@H]2CC(=O)N(CCc3ccccc3)C2)cc1. The summed E-state index contributed by atoms with van der Waals surface area (Å²) < 4.78 is 5.34. The molecule has 1 fully saturated rings. The average molecular weight is 408 g/mol. The van der Waals surface area contributed by atoms with E-state index in [1.165, 1.54) is 12.5 Å². The van der Waals surface area contributed by atoms with E-state index in [4.69, 9.17) is 4.74 Å². The zero-order valence-electron chi connectivity index (χ0n) is 17.5. The summed E-state index contributed by atoms with van der Waals surface area (Å²) in [5, 5.41) is 2.75. The van der Waals surface area contributed by atoms with Gasteiger partial charge in [-0.3, -0.25) is 14.4 Å². The summed E-state index contributed by atoms with van der Waals surface area (Å²) in [6.07, 6.45) is 0.853. The lowest BCUT2D eigenvalue weighted by molar-refractivity contribution is -0.157. The molecule has 1 aliphatic heterocycles. The Morgan fingerprint density at radius 1 is 1.10 bits per heavy atom. The molecule has 0 bridgehead atoms. The minimum atomic E-state index is -0.933. The van der Waals surface area contributed by atoms with Crippen molar-refractivity contribution < 1.29 is 19.1 Å². The molecule has 0 aliphatic carbocycles. The molecule has 1 aliphatic rings. The maximum Gasteiger partial charge on any atom is 0.312 e. The number of ether oxygens (including phenoxy) is 1. The summed E-state index contributed by atoms with van der Waals surface area (Å²) in [6.45, 7) is 4.50. The number of nitrogens with one attached hydrogen (secondary N) is 1. The molecule has 1 heterocycles. The average Bonchev–Trinajstić information content (AvgIpc) is 3.14. The van der Waals surface area contributed by atoms with Gasteiger partial charge in [-0.1, -0.05) is 49.4 Å². The number of benzene rings is 2. The van der Waals surface area contributed by atoms with Crippen LogP contribution in [-0.4, -0.2) is 41.9 Å². The number of anilines is 1. The van der Waals surface area contributed by atoms with Gasteiger partial charge in [0.25, 0.3) is 5.91 Å². The van der Waals surface area contributed by atoms with E-state index >= 15 is 0 Å². The predicted molar refractivity (Wildman–Crippen MR) is 115 cm³/mol. The summed E-state index contributed by atoms with van der Waals surface area (Å²) in [7, 11) is 0. The second-order valence-electron chi connectivity index (χ2n) is 7.60. The second-order valence-corrected chi connectivity index (χ2v) is 7.60. The van der Waals surface area contributed by atoms with E-state index < -0.39 is 23.9 Å². The maximum atomic E-state index is 12.5. The first-order chi connectivity index (χ1) is 14.5. The lowest BCUT2D eigenvalue weighted by Gasteiger charge is -2.18. The fraction of sp³-hybridized carbons (Fsp3) is 0.375. The van der Waals surface area contributed by atoms with Crippen molar-refractivity contribution in [2.75, 3.05) is 18.4 Å². The topological polar surface area (TPSA) is 75.7 Å². The van der Waals surface area contributed by atoms with Gasteiger partial charge in [0.15, 0.2) is 6.10 Å². The van der Waals surface area contributed by atoms with Gasteiger partial charge in [-0.25, -0.2) is 0 Å². The molecular weight excluding hydrogens is 380 g/mol. The first kappa shape index (κ1) is 21.6. The van der Waals surface area contributed by atoms with Crippen molar-refractivity contribution in [3.05, 3.63) is 65.7 Å². The smallest absolute Gasteiger partial charge is 0.312 e. The van der Waals surface area contributed by atoms with Crippen molar-refractivity contribution >= 4 is 23.5 Å². The third-order valence-electron chi connectivity index (χ3n) is 5.35. The van der Waals surface area contributed by atoms with Gasteiger partial charge in [-0.15, -0.1) is 0 Å². The van der Waals surface area contributed by atoms with Gasteiger partial charge in [0.05, 0.1) is 5.92 Å². The minimum Gasteiger partial charge on any atom is -0.452 e. The number of hydrogen-bond donors (Lipinski definition) is 1. The standard InChI is InChI=1S/C24H28N2O4/c1-3-18-9-11-21(12-10-18)25-23(28)17(2)30-24(29)20-15-22(27)26(16-20)14-13-19-7-5-4-6-8-19/h4-12,17,20H,3,13-16H2,1-2H3,(H,25,28)/t17-,20+/m1/s1. The lowest BCUT2D eigenvalue weighted by atomic mass is 10.1. The highest BCUT2D eigenvalue weighted by atomic mass is 16.5. The molecule has 0 radical (unpaired) electrons. The first-order valence-electron chi connectivity index (χ1n) is 10.4. The van der Waals surface area contributed by atoms with Crippen LogP contribution in [0.3, 0.4) is 0 Å². The van der Waals surface area contributed by atoms with Crippen molar-refractivity contribution in [1.29, 1.82) is 0 Å². The van der Waals surface area contributed by atoms with Crippen LogP contribution in [-0.2, 0) is 32.0 Å². The number of nitrogens with zero attached hydrogens (tertiary/aromatic N) is 1. The van der Waals surface area contributed by atoms with E-state index in [-0.39, 0.29) is 12.3 Å². The molecule has 6 heteroatoms. The molecule has 158 valence electrons. The van der Waals surface area contributed by atoms with Crippen LogP contribution in [0.15, 0.2) is 54.6 Å². The van der Waals surface area contributed by atoms with Crippen LogP contribution in [0, 0.1) is 5.92 Å². The largest absolute Gasteiger partial charge is 0.452 e. The Morgan fingerprint density at radius 2 is 1.80 bits per heavy atom. The molecule has 1 N–H and O–H groups in total. The van der Waals surface area contributed by atoms with Gasteiger partial charge >= 0.3 is 5.97 Å². The van der Waals surface area contributed by atoms with Gasteiger partial charge in [-0.05, 0) is 43.0 Å². The summed E-state index contributed by atoms with van der Waals surface area (Å²) in [6, 6.07) is 17.5. The van der Waals surface area contributed by atoms with Crippen LogP contribution in [0.1, 0.15) is 31.4 Å². The second kappa shape index (κ2) is 10.1. The van der Waals surface area contributed by atoms with Crippen molar-refractivity contribution in [1.82, 2.24) is 4.90 Å². The molecule has 2 aromatic rings. The van der Waals surface area contributed by atoms with E-state index in [1.54, 1.807) is 4.90 Å². The Hall–Kier alpha value is -3.15. The normalized spacial score (nSPS) is 16.9. The molecular formula is C24H28N2O4. The molecule has 30 heavy (non-hydrogen) atoms. The molecule has 2 aromatic carbocycles. The maximum absolute atomic E-state index is 12.5. The number of carbonyl (C=O) groups excluding carboxylic acids is 3. The summed E-state index contributed by atoms with van der Waals surface area (Å²) in [4.78, 5) is 38.8. The van der Waals surface area contributed by atoms with E-state index in [2.05, 4.69) is 12.2 Å². The number of esters is 1. The minimum absolute atomic E-state index is 0.0546. The van der Waals surface area contributed by atoms with Crippen molar-refractivity contribution in [3.63, 3.8) is 0 Å². The van der Waals surface area contributed by atoms with Crippen LogP contribution < -0.4 is 5.32 Å². The summed E-state index contributed by atoms with van der Waals surface area (Å²) >= 11 is 0. The number of hydrogen-bond acceptors (Lipinski definition) is 4. The number of amides is 2. The molecule has 2 atom stereocenters. The Balaban J connectivity index is 1.47.